The molecular weight excluding hydrogens is 677 g/mol. The van der Waals surface area contributed by atoms with Gasteiger partial charge in [0.25, 0.3) is 0 Å². The number of hydrogen-bond acceptors (Lipinski definition) is 7. The summed E-state index contributed by atoms with van der Waals surface area (Å²) >= 11 is 0. The molecule has 7 heteroatoms. The fourth-order valence-electron chi connectivity index (χ4n) is 9.58. The monoisotopic (exact) mass is 751 g/mol. The van der Waals surface area contributed by atoms with Gasteiger partial charge in [-0.1, -0.05) is 77.7 Å². The van der Waals surface area contributed by atoms with Crippen LogP contribution in [0.3, 0.4) is 0 Å². The number of carbonyl (C=O) groups excluding carboxylic acids is 2. The molecule has 3 saturated carbocycles. The quantitative estimate of drug-likeness (QED) is 0.0733. The Morgan fingerprint density at radius 1 is 0.704 bits per heavy atom. The second-order valence-electron chi connectivity index (χ2n) is 17.8. The molecule has 0 amide bonds. The Bertz CT molecular complexity index is 1280. The third-order valence-electron chi connectivity index (χ3n) is 13.4. The third kappa shape index (κ3) is 13.2. The van der Waals surface area contributed by atoms with Crippen molar-refractivity contribution in [1.82, 2.24) is 0 Å². The molecule has 3 aliphatic carbocycles. The average molecular weight is 751 g/mol. The van der Waals surface area contributed by atoms with Gasteiger partial charge in [0.1, 0.15) is 5.75 Å². The largest absolute Gasteiger partial charge is 0.493 e. The van der Waals surface area contributed by atoms with Gasteiger partial charge in [-0.3, -0.25) is 0 Å². The van der Waals surface area contributed by atoms with E-state index in [-0.39, 0.29) is 26.4 Å². The Balaban J connectivity index is 1.42. The molecule has 0 heterocycles. The zero-order valence-electron chi connectivity index (χ0n) is 34.4. The number of rotatable bonds is 21. The fraction of sp³-hybridized carbons (Fsp3) is 0.745. The molecule has 1 aromatic carbocycles. The lowest BCUT2D eigenvalue weighted by molar-refractivity contribution is -0.139. The molecule has 0 bridgehead atoms. The van der Waals surface area contributed by atoms with E-state index in [4.69, 9.17) is 14.2 Å². The molecule has 7 nitrogen and oxygen atoms in total. The highest BCUT2D eigenvalue weighted by Crippen LogP contribution is 2.48. The van der Waals surface area contributed by atoms with Gasteiger partial charge in [0.15, 0.2) is 0 Å². The number of benzene rings is 1. The highest BCUT2D eigenvalue weighted by atomic mass is 16.5. The molecule has 3 fully saturated rings. The maximum Gasteiger partial charge on any atom is 0.333 e. The first kappa shape index (κ1) is 44.1. The molecule has 2 N–H and O–H groups in total. The van der Waals surface area contributed by atoms with E-state index in [1.165, 1.54) is 95.5 Å². The summed E-state index contributed by atoms with van der Waals surface area (Å²) in [5.41, 5.74) is 3.23. The Hall–Kier alpha value is -2.64. The van der Waals surface area contributed by atoms with Crippen molar-refractivity contribution in [2.75, 3.05) is 33.0 Å². The van der Waals surface area contributed by atoms with E-state index in [1.54, 1.807) is 13.8 Å². The van der Waals surface area contributed by atoms with Crippen LogP contribution in [0.15, 0.2) is 36.4 Å². The van der Waals surface area contributed by atoms with Crippen molar-refractivity contribution in [2.24, 2.45) is 35.0 Å². The zero-order chi connectivity index (χ0) is 39.1. The van der Waals surface area contributed by atoms with E-state index in [0.717, 1.165) is 53.6 Å². The Labute approximate surface area is 327 Å². The van der Waals surface area contributed by atoms with Gasteiger partial charge in [-0.25, -0.2) is 9.59 Å². The predicted octanol–water partition coefficient (Wildman–Crippen LogP) is 10.2. The molecule has 4 rings (SSSR count). The molecule has 304 valence electrons. The van der Waals surface area contributed by atoms with E-state index >= 15 is 0 Å². The molecular formula is C47H74O7. The van der Waals surface area contributed by atoms with Crippen molar-refractivity contribution >= 4 is 11.9 Å². The van der Waals surface area contributed by atoms with E-state index in [2.05, 4.69) is 32.2 Å². The summed E-state index contributed by atoms with van der Waals surface area (Å²) in [5.74, 6) is 4.90. The molecule has 0 radical (unpaired) electrons. The Morgan fingerprint density at radius 3 is 1.57 bits per heavy atom. The topological polar surface area (TPSA) is 102 Å². The van der Waals surface area contributed by atoms with Crippen molar-refractivity contribution in [2.45, 2.75) is 156 Å². The number of esters is 2. The third-order valence-corrected chi connectivity index (χ3v) is 13.4. The van der Waals surface area contributed by atoms with E-state index in [1.807, 2.05) is 6.92 Å². The van der Waals surface area contributed by atoms with Crippen LogP contribution in [0, 0.1) is 35.0 Å². The van der Waals surface area contributed by atoms with Crippen LogP contribution in [0.1, 0.15) is 159 Å². The number of aliphatic hydroxyl groups excluding tert-OH is 2. The SMILES string of the molecule is C=C(C)C(=O)OCCc1cc(C2CCC(C3CCC(C4CCC(CCCCC)CC4)CC3)CC2)cc(CCOC(=O)C(=C)C)c1OCCC(C)(CO)CO. The first-order chi connectivity index (χ1) is 26.0. The van der Waals surface area contributed by atoms with Gasteiger partial charge in [0.05, 0.1) is 33.0 Å². The predicted molar refractivity (Wildman–Crippen MR) is 218 cm³/mol. The summed E-state index contributed by atoms with van der Waals surface area (Å²) in [6.07, 6.45) is 23.5. The average Bonchev–Trinajstić information content (AvgIpc) is 3.18. The number of hydrogen-bond donors (Lipinski definition) is 2. The van der Waals surface area contributed by atoms with Crippen LogP contribution in [-0.2, 0) is 31.9 Å². The minimum atomic E-state index is -0.667. The molecule has 0 spiro atoms. The molecule has 54 heavy (non-hydrogen) atoms. The molecule has 0 aliphatic heterocycles. The second-order valence-corrected chi connectivity index (χ2v) is 17.8. The molecule has 1 aromatic rings. The van der Waals surface area contributed by atoms with Gasteiger partial charge in [-0.05, 0) is 137 Å². The molecule has 0 unspecified atom stereocenters. The summed E-state index contributed by atoms with van der Waals surface area (Å²) in [6.45, 7) is 15.2. The van der Waals surface area contributed by atoms with Crippen LogP contribution < -0.4 is 4.74 Å². The van der Waals surface area contributed by atoms with E-state index in [9.17, 15) is 19.8 Å². The van der Waals surface area contributed by atoms with Crippen LogP contribution >= 0.6 is 0 Å². The highest BCUT2D eigenvalue weighted by molar-refractivity contribution is 5.87. The summed E-state index contributed by atoms with van der Waals surface area (Å²) in [4.78, 5) is 24.5. The smallest absolute Gasteiger partial charge is 0.333 e. The normalized spacial score (nSPS) is 24.8. The molecule has 3 aliphatic rings. The number of carbonyl (C=O) groups is 2. The maximum absolute atomic E-state index is 12.3. The minimum Gasteiger partial charge on any atom is -0.493 e. The Kier molecular flexibility index (Phi) is 18.1. The Morgan fingerprint density at radius 2 is 1.15 bits per heavy atom. The maximum atomic E-state index is 12.3. The molecule has 0 aromatic heterocycles. The highest BCUT2D eigenvalue weighted by Gasteiger charge is 2.35. The van der Waals surface area contributed by atoms with Crippen LogP contribution in [0.2, 0.25) is 0 Å². The van der Waals surface area contributed by atoms with Crippen LogP contribution in [0.25, 0.3) is 0 Å². The van der Waals surface area contributed by atoms with Crippen LogP contribution in [0.5, 0.6) is 5.75 Å². The minimum absolute atomic E-state index is 0.149. The lowest BCUT2D eigenvalue weighted by atomic mass is 9.64. The number of aliphatic hydroxyl groups is 2. The summed E-state index contributed by atoms with van der Waals surface area (Å²) in [7, 11) is 0. The fourth-order valence-corrected chi connectivity index (χ4v) is 9.58. The number of unbranched alkanes of at least 4 members (excludes halogenated alkanes) is 2. The first-order valence-electron chi connectivity index (χ1n) is 21.6. The standard InChI is InChI=1S/C47H74O7/c1-7-8-9-10-35-11-13-36(14-12-35)37-15-17-38(18-16-37)39-19-21-40(22-20-39)43-29-41(23-26-53-45(50)33(2)3)44(52-28-25-47(6,31-48)32-49)42(30-43)24-27-54-46(51)34(4)5/h29-30,35-40,48-49H,2,4,7-28,31-32H2,1,3,5-6H3. The van der Waals surface area contributed by atoms with Crippen molar-refractivity contribution in [3.63, 3.8) is 0 Å². The first-order valence-corrected chi connectivity index (χ1v) is 21.6. The lowest BCUT2D eigenvalue weighted by Gasteiger charge is -2.41. The van der Waals surface area contributed by atoms with Crippen molar-refractivity contribution in [3.8, 4) is 5.75 Å². The van der Waals surface area contributed by atoms with E-state index in [0.29, 0.717) is 48.7 Å². The summed E-state index contributed by atoms with van der Waals surface area (Å²) in [5, 5.41) is 19.7. The van der Waals surface area contributed by atoms with Gasteiger partial charge in [-0.2, -0.15) is 0 Å². The second kappa shape index (κ2) is 22.2. The molecule has 0 atom stereocenters. The summed E-state index contributed by atoms with van der Waals surface area (Å²) < 4.78 is 17.5. The molecule has 0 saturated heterocycles. The van der Waals surface area contributed by atoms with E-state index < -0.39 is 17.4 Å². The number of ether oxygens (including phenoxy) is 3. The van der Waals surface area contributed by atoms with Crippen LogP contribution in [0.4, 0.5) is 0 Å². The van der Waals surface area contributed by atoms with Gasteiger partial charge >= 0.3 is 11.9 Å². The van der Waals surface area contributed by atoms with Crippen molar-refractivity contribution in [3.05, 3.63) is 53.1 Å². The summed E-state index contributed by atoms with van der Waals surface area (Å²) in [6, 6.07) is 4.47. The van der Waals surface area contributed by atoms with Crippen molar-refractivity contribution < 1.29 is 34.0 Å². The lowest BCUT2D eigenvalue weighted by Crippen LogP contribution is -2.29. The van der Waals surface area contributed by atoms with Gasteiger partial charge in [0.2, 0.25) is 0 Å². The van der Waals surface area contributed by atoms with Crippen LogP contribution in [-0.4, -0.2) is 55.2 Å². The van der Waals surface area contributed by atoms with Gasteiger partial charge < -0.3 is 24.4 Å². The van der Waals surface area contributed by atoms with Gasteiger partial charge in [0, 0.05) is 29.4 Å². The van der Waals surface area contributed by atoms with Gasteiger partial charge in [-0.15, -0.1) is 0 Å². The van der Waals surface area contributed by atoms with Crippen molar-refractivity contribution in [1.29, 1.82) is 0 Å². The zero-order valence-corrected chi connectivity index (χ0v) is 34.4.